The van der Waals surface area contributed by atoms with Gasteiger partial charge in [0.1, 0.15) is 0 Å². The largest absolute Gasteiger partial charge is 0.416 e. The number of anilines is 1. The lowest BCUT2D eigenvalue weighted by Crippen LogP contribution is -2.48. The van der Waals surface area contributed by atoms with Crippen LogP contribution in [0.3, 0.4) is 0 Å². The molecule has 30 heavy (non-hydrogen) atoms. The minimum Gasteiger partial charge on any atom is -0.339 e. The van der Waals surface area contributed by atoms with E-state index < -0.39 is 17.6 Å². The molecule has 11 heteroatoms. The Kier molecular flexibility index (Phi) is 5.44. The maximum Gasteiger partial charge on any atom is 0.416 e. The second-order valence-electron chi connectivity index (χ2n) is 6.83. The second-order valence-corrected chi connectivity index (χ2v) is 7.24. The number of hydrogen-bond acceptors (Lipinski definition) is 6. The Morgan fingerprint density at radius 1 is 1.30 bits per heavy atom. The van der Waals surface area contributed by atoms with E-state index in [1.54, 1.807) is 18.5 Å². The van der Waals surface area contributed by atoms with Crippen molar-refractivity contribution < 1.29 is 22.5 Å². The van der Waals surface area contributed by atoms with Crippen molar-refractivity contribution >= 4 is 23.2 Å². The zero-order valence-electron chi connectivity index (χ0n) is 15.4. The maximum atomic E-state index is 12.8. The van der Waals surface area contributed by atoms with Crippen LogP contribution in [0.4, 0.5) is 18.9 Å². The van der Waals surface area contributed by atoms with Crippen molar-refractivity contribution in [3.63, 3.8) is 0 Å². The van der Waals surface area contributed by atoms with Gasteiger partial charge in [0.15, 0.2) is 0 Å². The molecule has 0 aliphatic carbocycles. The Balaban J connectivity index is 1.31. The van der Waals surface area contributed by atoms with E-state index in [-0.39, 0.29) is 23.2 Å². The molecule has 1 N–H and O–H groups in total. The molecule has 1 aromatic carbocycles. The molecule has 1 fully saturated rings. The van der Waals surface area contributed by atoms with Crippen molar-refractivity contribution in [2.75, 3.05) is 25.0 Å². The van der Waals surface area contributed by atoms with Crippen LogP contribution in [0.15, 0.2) is 47.2 Å². The highest BCUT2D eigenvalue weighted by atomic mass is 35.5. The highest BCUT2D eigenvalue weighted by molar-refractivity contribution is 6.33. The van der Waals surface area contributed by atoms with Gasteiger partial charge in [-0.1, -0.05) is 16.8 Å². The van der Waals surface area contributed by atoms with Gasteiger partial charge in [-0.05, 0) is 30.3 Å². The average molecular weight is 438 g/mol. The monoisotopic (exact) mass is 437 g/mol. The van der Waals surface area contributed by atoms with E-state index in [1.807, 2.05) is 11.0 Å². The Labute approximate surface area is 173 Å². The van der Waals surface area contributed by atoms with Gasteiger partial charge in [-0.3, -0.25) is 14.7 Å². The molecule has 7 nitrogen and oxygen atoms in total. The van der Waals surface area contributed by atoms with Gasteiger partial charge in [-0.15, -0.1) is 0 Å². The molecular formula is C19H15ClF3N5O2. The van der Waals surface area contributed by atoms with E-state index in [0.717, 1.165) is 23.8 Å². The molecule has 0 atom stereocenters. The number of likely N-dealkylation sites (tertiary alicyclic amines) is 1. The number of benzene rings is 1. The molecule has 1 amide bonds. The minimum absolute atomic E-state index is 0.00662. The summed E-state index contributed by atoms with van der Waals surface area (Å²) in [5.74, 6) is 0.420. The van der Waals surface area contributed by atoms with Gasteiger partial charge in [-0.25, -0.2) is 0 Å². The SMILES string of the molecule is O=C(CN1CC(c2nc(-c3cccnc3)no2)C1)Nc1cc(C(F)(F)F)ccc1Cl. The van der Waals surface area contributed by atoms with E-state index >= 15 is 0 Å². The zero-order valence-corrected chi connectivity index (χ0v) is 16.1. The number of carbonyl (C=O) groups excluding carboxylic acids is 1. The van der Waals surface area contributed by atoms with Crippen molar-refractivity contribution in [3.8, 4) is 11.4 Å². The van der Waals surface area contributed by atoms with Crippen molar-refractivity contribution in [3.05, 3.63) is 59.2 Å². The number of nitrogens with one attached hydrogen (secondary N) is 1. The molecule has 3 aromatic rings. The molecule has 0 radical (unpaired) electrons. The van der Waals surface area contributed by atoms with Crippen LogP contribution in [0, 0.1) is 0 Å². The quantitative estimate of drug-likeness (QED) is 0.653. The van der Waals surface area contributed by atoms with E-state index in [9.17, 15) is 18.0 Å². The van der Waals surface area contributed by atoms with Gasteiger partial charge >= 0.3 is 6.18 Å². The molecule has 2 aromatic heterocycles. The number of pyridine rings is 1. The molecule has 1 saturated heterocycles. The molecule has 1 aliphatic heterocycles. The number of alkyl halides is 3. The molecular weight excluding hydrogens is 423 g/mol. The van der Waals surface area contributed by atoms with Crippen molar-refractivity contribution in [1.82, 2.24) is 20.0 Å². The Morgan fingerprint density at radius 3 is 2.80 bits per heavy atom. The van der Waals surface area contributed by atoms with Crippen molar-refractivity contribution in [1.29, 1.82) is 0 Å². The van der Waals surface area contributed by atoms with Crippen LogP contribution >= 0.6 is 11.6 Å². The number of nitrogens with zero attached hydrogens (tertiary/aromatic N) is 4. The molecule has 1 aliphatic rings. The standard InChI is InChI=1S/C19H15ClF3N5O2/c20-14-4-3-13(19(21,22)23)6-15(14)25-16(29)10-28-8-12(9-28)18-26-17(27-30-18)11-2-1-5-24-7-11/h1-7,12H,8-10H2,(H,25,29). The Hall–Kier alpha value is -2.98. The molecule has 4 rings (SSSR count). The van der Waals surface area contributed by atoms with Crippen molar-refractivity contribution in [2.45, 2.75) is 12.1 Å². The first-order chi connectivity index (χ1) is 14.3. The molecule has 0 bridgehead atoms. The lowest BCUT2D eigenvalue weighted by atomic mass is 10.0. The Morgan fingerprint density at radius 2 is 2.10 bits per heavy atom. The van der Waals surface area contributed by atoms with Gasteiger partial charge in [0.2, 0.25) is 17.6 Å². The number of rotatable bonds is 5. The van der Waals surface area contributed by atoms with Gasteiger partial charge < -0.3 is 9.84 Å². The van der Waals surface area contributed by atoms with E-state index in [4.69, 9.17) is 16.1 Å². The fraction of sp³-hybridized carbons (Fsp3) is 0.263. The third-order valence-electron chi connectivity index (χ3n) is 4.60. The first-order valence-corrected chi connectivity index (χ1v) is 9.30. The number of hydrogen-bond donors (Lipinski definition) is 1. The maximum absolute atomic E-state index is 12.8. The normalized spacial score (nSPS) is 15.1. The van der Waals surface area contributed by atoms with Crippen molar-refractivity contribution in [2.24, 2.45) is 0 Å². The third-order valence-corrected chi connectivity index (χ3v) is 4.93. The van der Waals surface area contributed by atoms with Gasteiger partial charge in [0.25, 0.3) is 0 Å². The second kappa shape index (κ2) is 8.04. The fourth-order valence-electron chi connectivity index (χ4n) is 3.06. The van der Waals surface area contributed by atoms with Crippen LogP contribution in [0.1, 0.15) is 17.4 Å². The number of amides is 1. The van der Waals surface area contributed by atoms with E-state index in [0.29, 0.717) is 24.8 Å². The molecule has 0 saturated carbocycles. The summed E-state index contributed by atoms with van der Waals surface area (Å²) in [6.45, 7) is 1.03. The van der Waals surface area contributed by atoms with Crippen LogP contribution in [0.5, 0.6) is 0 Å². The summed E-state index contributed by atoms with van der Waals surface area (Å²) in [5.41, 5.74) is -0.223. The van der Waals surface area contributed by atoms with Crippen LogP contribution in [-0.2, 0) is 11.0 Å². The molecule has 3 heterocycles. The number of carbonyl (C=O) groups is 1. The summed E-state index contributed by atoms with van der Waals surface area (Å²) in [7, 11) is 0. The predicted molar refractivity (Wildman–Crippen MR) is 102 cm³/mol. The summed E-state index contributed by atoms with van der Waals surface area (Å²) in [6, 6.07) is 6.37. The average Bonchev–Trinajstić information content (AvgIpc) is 3.15. The topological polar surface area (TPSA) is 84.2 Å². The molecule has 0 spiro atoms. The first kappa shape index (κ1) is 20.3. The van der Waals surface area contributed by atoms with Crippen LogP contribution < -0.4 is 5.32 Å². The van der Waals surface area contributed by atoms with Crippen LogP contribution in [0.25, 0.3) is 11.4 Å². The fourth-order valence-corrected chi connectivity index (χ4v) is 3.22. The summed E-state index contributed by atoms with van der Waals surface area (Å²) in [4.78, 5) is 22.4. The highest BCUT2D eigenvalue weighted by Crippen LogP contribution is 2.34. The lowest BCUT2D eigenvalue weighted by molar-refractivity contribution is -0.137. The summed E-state index contributed by atoms with van der Waals surface area (Å²) < 4.78 is 43.8. The smallest absolute Gasteiger partial charge is 0.339 e. The lowest BCUT2D eigenvalue weighted by Gasteiger charge is -2.36. The highest BCUT2D eigenvalue weighted by Gasteiger charge is 2.34. The number of halogens is 4. The van der Waals surface area contributed by atoms with Crippen LogP contribution in [-0.4, -0.2) is 45.6 Å². The number of aromatic nitrogens is 3. The van der Waals surface area contributed by atoms with E-state index in [1.165, 1.54) is 0 Å². The summed E-state index contributed by atoms with van der Waals surface area (Å²) in [6.07, 6.45) is -1.25. The van der Waals surface area contributed by atoms with Gasteiger partial charge in [0.05, 0.1) is 28.7 Å². The van der Waals surface area contributed by atoms with Crippen LogP contribution in [0.2, 0.25) is 5.02 Å². The van der Waals surface area contributed by atoms with Gasteiger partial charge in [-0.2, -0.15) is 18.2 Å². The molecule has 156 valence electrons. The van der Waals surface area contributed by atoms with Gasteiger partial charge in [0, 0.05) is 31.0 Å². The predicted octanol–water partition coefficient (Wildman–Crippen LogP) is 3.84. The summed E-state index contributed by atoms with van der Waals surface area (Å²) in [5, 5.41) is 6.40. The Bertz CT molecular complexity index is 1050. The first-order valence-electron chi connectivity index (χ1n) is 8.92. The third kappa shape index (κ3) is 4.44. The minimum atomic E-state index is -4.52. The van der Waals surface area contributed by atoms with E-state index in [2.05, 4.69) is 20.4 Å². The molecule has 0 unspecified atom stereocenters. The summed E-state index contributed by atoms with van der Waals surface area (Å²) >= 11 is 5.90. The zero-order chi connectivity index (χ0) is 21.3.